The lowest BCUT2D eigenvalue weighted by Gasteiger charge is -2.12. The fraction of sp³-hybridized carbons (Fsp3) is 0.167. The van der Waals surface area contributed by atoms with Gasteiger partial charge in [-0.2, -0.15) is 13.2 Å². The average Bonchev–Trinajstić information content (AvgIpc) is 2.34. The third kappa shape index (κ3) is 3.94. The molecule has 114 valence electrons. The Morgan fingerprint density at radius 1 is 1.43 bits per heavy atom. The van der Waals surface area contributed by atoms with E-state index in [-0.39, 0.29) is 16.9 Å². The zero-order valence-corrected chi connectivity index (χ0v) is 11.4. The Labute approximate surface area is 122 Å². The standard InChI is InChI=1S/C12H10ClF4N3O/c1-5(6(4-18)12(15,16)17)11(21)20-10-3-9(19)7(13)2-8(10)14/h2-4,18H,19H2,1H3,(H,20,21)/b6-5+,18-4?. The van der Waals surface area contributed by atoms with E-state index in [0.717, 1.165) is 19.1 Å². The number of rotatable bonds is 3. The molecule has 4 nitrogen and oxygen atoms in total. The van der Waals surface area contributed by atoms with E-state index in [0.29, 0.717) is 0 Å². The van der Waals surface area contributed by atoms with Crippen molar-refractivity contribution in [3.05, 3.63) is 34.1 Å². The van der Waals surface area contributed by atoms with Gasteiger partial charge in [0.2, 0.25) is 0 Å². The summed E-state index contributed by atoms with van der Waals surface area (Å²) in [7, 11) is 0. The largest absolute Gasteiger partial charge is 0.418 e. The van der Waals surface area contributed by atoms with Crippen molar-refractivity contribution in [2.24, 2.45) is 0 Å². The third-order valence-electron chi connectivity index (χ3n) is 2.53. The van der Waals surface area contributed by atoms with E-state index < -0.39 is 34.7 Å². The van der Waals surface area contributed by atoms with E-state index in [2.05, 4.69) is 0 Å². The van der Waals surface area contributed by atoms with Crippen molar-refractivity contribution >= 4 is 35.1 Å². The zero-order valence-electron chi connectivity index (χ0n) is 10.6. The molecule has 1 aromatic carbocycles. The summed E-state index contributed by atoms with van der Waals surface area (Å²) < 4.78 is 51.2. The summed E-state index contributed by atoms with van der Waals surface area (Å²) in [5, 5.41) is 8.59. The molecule has 0 saturated heterocycles. The molecule has 0 unspecified atom stereocenters. The van der Waals surface area contributed by atoms with Crippen molar-refractivity contribution in [2.45, 2.75) is 13.1 Å². The second-order valence-electron chi connectivity index (χ2n) is 3.99. The minimum absolute atomic E-state index is 0.0154. The maximum Gasteiger partial charge on any atom is 0.418 e. The number of nitrogens with one attached hydrogen (secondary N) is 2. The van der Waals surface area contributed by atoms with Gasteiger partial charge in [0.25, 0.3) is 5.91 Å². The van der Waals surface area contributed by atoms with Crippen molar-refractivity contribution in [3.63, 3.8) is 0 Å². The second-order valence-corrected chi connectivity index (χ2v) is 4.40. The lowest BCUT2D eigenvalue weighted by molar-refractivity contribution is -0.114. The first kappa shape index (κ1) is 17.0. The summed E-state index contributed by atoms with van der Waals surface area (Å²) in [4.78, 5) is 11.7. The number of benzene rings is 1. The van der Waals surface area contributed by atoms with E-state index in [1.54, 1.807) is 0 Å². The number of hydrogen-bond donors (Lipinski definition) is 3. The Morgan fingerprint density at radius 2 is 2.00 bits per heavy atom. The van der Waals surface area contributed by atoms with E-state index in [1.165, 1.54) is 0 Å². The Bertz CT molecular complexity index is 626. The van der Waals surface area contributed by atoms with Crippen LogP contribution in [0.3, 0.4) is 0 Å². The second kappa shape index (κ2) is 6.13. The highest BCUT2D eigenvalue weighted by Gasteiger charge is 2.35. The highest BCUT2D eigenvalue weighted by Crippen LogP contribution is 2.29. The summed E-state index contributed by atoms with van der Waals surface area (Å²) >= 11 is 5.55. The van der Waals surface area contributed by atoms with Gasteiger partial charge in [-0.25, -0.2) is 4.39 Å². The van der Waals surface area contributed by atoms with Crippen molar-refractivity contribution in [1.82, 2.24) is 0 Å². The van der Waals surface area contributed by atoms with Crippen molar-refractivity contribution in [2.75, 3.05) is 11.1 Å². The number of carbonyl (C=O) groups excluding carboxylic acids is 1. The Hall–Kier alpha value is -2.09. The molecule has 0 radical (unpaired) electrons. The van der Waals surface area contributed by atoms with Gasteiger partial charge in [0.1, 0.15) is 5.82 Å². The molecule has 0 aromatic heterocycles. The topological polar surface area (TPSA) is 79.0 Å². The van der Waals surface area contributed by atoms with Gasteiger partial charge in [0.15, 0.2) is 0 Å². The molecule has 21 heavy (non-hydrogen) atoms. The molecule has 0 bridgehead atoms. The van der Waals surface area contributed by atoms with E-state index in [9.17, 15) is 22.4 Å². The molecule has 0 atom stereocenters. The first-order valence-electron chi connectivity index (χ1n) is 5.42. The molecule has 9 heteroatoms. The van der Waals surface area contributed by atoms with E-state index in [1.807, 2.05) is 5.32 Å². The fourth-order valence-corrected chi connectivity index (χ4v) is 1.55. The first-order chi connectivity index (χ1) is 9.57. The summed E-state index contributed by atoms with van der Waals surface area (Å²) in [5.41, 5.74) is 2.76. The molecule has 4 N–H and O–H groups in total. The Morgan fingerprint density at radius 3 is 2.48 bits per heavy atom. The third-order valence-corrected chi connectivity index (χ3v) is 2.86. The lowest BCUT2D eigenvalue weighted by Crippen LogP contribution is -2.22. The number of nitrogen functional groups attached to an aromatic ring is 1. The van der Waals surface area contributed by atoms with Crippen molar-refractivity contribution < 1.29 is 22.4 Å². The molecule has 1 rings (SSSR count). The number of alkyl halides is 3. The van der Waals surface area contributed by atoms with Gasteiger partial charge in [0, 0.05) is 11.8 Å². The lowest BCUT2D eigenvalue weighted by atomic mass is 10.1. The van der Waals surface area contributed by atoms with Crippen LogP contribution in [0.4, 0.5) is 28.9 Å². The number of allylic oxidation sites excluding steroid dienone is 1. The Balaban J connectivity index is 3.15. The van der Waals surface area contributed by atoms with Gasteiger partial charge in [-0.15, -0.1) is 0 Å². The van der Waals surface area contributed by atoms with Gasteiger partial charge in [0.05, 0.1) is 22.0 Å². The van der Waals surface area contributed by atoms with Crippen molar-refractivity contribution in [3.8, 4) is 0 Å². The van der Waals surface area contributed by atoms with Crippen LogP contribution in [0.1, 0.15) is 6.92 Å². The van der Waals surface area contributed by atoms with Crippen LogP contribution in [0.2, 0.25) is 5.02 Å². The number of nitrogens with two attached hydrogens (primary N) is 1. The van der Waals surface area contributed by atoms with Gasteiger partial charge >= 0.3 is 6.18 Å². The summed E-state index contributed by atoms with van der Waals surface area (Å²) in [6.07, 6.45) is -4.85. The number of amides is 1. The molecular formula is C12H10ClF4N3O. The maximum absolute atomic E-state index is 13.5. The number of carbonyl (C=O) groups is 1. The predicted molar refractivity (Wildman–Crippen MR) is 72.0 cm³/mol. The molecule has 0 heterocycles. The van der Waals surface area contributed by atoms with E-state index >= 15 is 0 Å². The first-order valence-corrected chi connectivity index (χ1v) is 5.80. The van der Waals surface area contributed by atoms with Crippen LogP contribution >= 0.6 is 11.6 Å². The molecular weight excluding hydrogens is 314 g/mol. The number of anilines is 2. The molecule has 1 aromatic rings. The predicted octanol–water partition coefficient (Wildman–Crippen LogP) is 3.53. The van der Waals surface area contributed by atoms with Crippen LogP contribution in [0.15, 0.2) is 23.3 Å². The molecule has 1 amide bonds. The highest BCUT2D eigenvalue weighted by molar-refractivity contribution is 6.33. The van der Waals surface area contributed by atoms with Gasteiger partial charge in [-0.1, -0.05) is 11.6 Å². The quantitative estimate of drug-likeness (QED) is 0.344. The maximum atomic E-state index is 13.5. The van der Waals surface area contributed by atoms with Crippen LogP contribution in [-0.2, 0) is 4.79 Å². The monoisotopic (exact) mass is 323 g/mol. The molecule has 0 aliphatic rings. The van der Waals surface area contributed by atoms with E-state index in [4.69, 9.17) is 22.7 Å². The van der Waals surface area contributed by atoms with Gasteiger partial charge in [-0.05, 0) is 19.1 Å². The molecule has 0 saturated carbocycles. The molecule has 0 fully saturated rings. The number of hydrogen-bond acceptors (Lipinski definition) is 3. The summed E-state index contributed by atoms with van der Waals surface area (Å²) in [6, 6.07) is 1.81. The van der Waals surface area contributed by atoms with Crippen LogP contribution in [0, 0.1) is 11.2 Å². The SMILES string of the molecule is C/C(C(=O)Nc1cc(N)c(Cl)cc1F)=C(/C=N)C(F)(F)F. The van der Waals surface area contributed by atoms with Gasteiger partial charge < -0.3 is 16.5 Å². The van der Waals surface area contributed by atoms with Crippen LogP contribution in [0.25, 0.3) is 0 Å². The zero-order chi connectivity index (χ0) is 16.4. The average molecular weight is 324 g/mol. The van der Waals surface area contributed by atoms with Crippen LogP contribution in [0.5, 0.6) is 0 Å². The van der Waals surface area contributed by atoms with Gasteiger partial charge in [-0.3, -0.25) is 4.79 Å². The summed E-state index contributed by atoms with van der Waals surface area (Å²) in [5.74, 6) is -2.15. The highest BCUT2D eigenvalue weighted by atomic mass is 35.5. The molecule has 0 aliphatic carbocycles. The number of halogens is 5. The van der Waals surface area contributed by atoms with Crippen LogP contribution < -0.4 is 11.1 Å². The van der Waals surface area contributed by atoms with Crippen molar-refractivity contribution in [1.29, 1.82) is 5.41 Å². The molecule has 0 aliphatic heterocycles. The normalized spacial score (nSPS) is 12.7. The minimum Gasteiger partial charge on any atom is -0.397 e. The van der Waals surface area contributed by atoms with Crippen LogP contribution in [-0.4, -0.2) is 18.3 Å². The summed E-state index contributed by atoms with van der Waals surface area (Å²) in [6.45, 7) is 0.875. The minimum atomic E-state index is -4.86. The fourth-order valence-electron chi connectivity index (χ4n) is 1.40. The Kier molecular flexibility index (Phi) is 4.95. The molecule has 0 spiro atoms. The smallest absolute Gasteiger partial charge is 0.397 e.